The molecule has 0 radical (unpaired) electrons. The van der Waals surface area contributed by atoms with Crippen LogP contribution in [0.25, 0.3) is 33.0 Å². The summed E-state index contributed by atoms with van der Waals surface area (Å²) >= 11 is 0. The fourth-order valence-corrected chi connectivity index (χ4v) is 4.73. The molecule has 6 aromatic carbocycles. The van der Waals surface area contributed by atoms with Gasteiger partial charge in [-0.1, -0.05) is 103 Å². The number of nitrogens with zero attached hydrogens (tertiary/aromatic N) is 1. The Morgan fingerprint density at radius 1 is 0.314 bits per heavy atom. The van der Waals surface area contributed by atoms with Gasteiger partial charge >= 0.3 is 0 Å². The molecule has 1 heteroatoms. The van der Waals surface area contributed by atoms with Crippen molar-refractivity contribution >= 4 is 27.8 Å². The number of hydrogen-bond donors (Lipinski definition) is 0. The molecule has 1 nitrogen and oxygen atoms in total. The Morgan fingerprint density at radius 2 is 0.686 bits per heavy atom. The van der Waals surface area contributed by atoms with Gasteiger partial charge in [-0.25, -0.2) is 0 Å². The normalized spacial score (nSPS) is 10.9. The molecule has 0 heterocycles. The van der Waals surface area contributed by atoms with Gasteiger partial charge in [-0.2, -0.15) is 0 Å². The highest BCUT2D eigenvalue weighted by molar-refractivity contribution is 5.96. The van der Waals surface area contributed by atoms with Gasteiger partial charge in [0.15, 0.2) is 0 Å². The maximum Gasteiger partial charge on any atom is 0.0462 e. The van der Waals surface area contributed by atoms with Crippen LogP contribution in [0.5, 0.6) is 0 Å². The van der Waals surface area contributed by atoms with Crippen molar-refractivity contribution in [3.05, 3.63) is 152 Å². The van der Waals surface area contributed by atoms with Crippen LogP contribution in [0.1, 0.15) is 0 Å². The first kappa shape index (κ1) is 20.9. The molecule has 0 aromatic heterocycles. The second-order valence-corrected chi connectivity index (χ2v) is 8.66. The highest BCUT2D eigenvalue weighted by Gasteiger charge is 2.14. The second kappa shape index (κ2) is 9.32. The van der Waals surface area contributed by atoms with Crippen molar-refractivity contribution in [3.63, 3.8) is 0 Å². The molecule has 35 heavy (non-hydrogen) atoms. The van der Waals surface area contributed by atoms with E-state index in [0.29, 0.717) is 0 Å². The monoisotopic (exact) mass is 447 g/mol. The Kier molecular flexibility index (Phi) is 5.58. The van der Waals surface area contributed by atoms with E-state index in [4.69, 9.17) is 0 Å². The second-order valence-electron chi connectivity index (χ2n) is 8.66. The molecule has 0 saturated carbocycles. The van der Waals surface area contributed by atoms with E-state index in [0.717, 1.165) is 17.1 Å². The topological polar surface area (TPSA) is 3.24 Å². The molecule has 0 aliphatic rings. The number of para-hydroxylation sites is 2. The van der Waals surface area contributed by atoms with E-state index in [1.165, 1.54) is 33.0 Å². The summed E-state index contributed by atoms with van der Waals surface area (Å²) in [7, 11) is 0. The minimum atomic E-state index is 1.13. The average Bonchev–Trinajstić information content (AvgIpc) is 2.95. The van der Waals surface area contributed by atoms with Crippen molar-refractivity contribution in [2.45, 2.75) is 0 Å². The van der Waals surface area contributed by atoms with Crippen molar-refractivity contribution in [2.24, 2.45) is 0 Å². The minimum absolute atomic E-state index is 1.13. The van der Waals surface area contributed by atoms with Crippen LogP contribution in [0.15, 0.2) is 152 Å². The van der Waals surface area contributed by atoms with Gasteiger partial charge in [-0.05, 0) is 81.6 Å². The number of hydrogen-bond acceptors (Lipinski definition) is 1. The standard InChI is InChI=1S/C34H25N/c1-4-12-26(13-5-1)33-24-28-14-10-11-15-29(28)25-34(33)27-20-22-32(23-21-27)35(30-16-6-2-7-17-30)31-18-8-3-9-19-31/h1-25H. The first-order chi connectivity index (χ1) is 17.4. The number of rotatable bonds is 5. The van der Waals surface area contributed by atoms with Gasteiger partial charge < -0.3 is 4.90 Å². The number of anilines is 3. The smallest absolute Gasteiger partial charge is 0.0462 e. The molecule has 0 aliphatic heterocycles. The van der Waals surface area contributed by atoms with Crippen molar-refractivity contribution < 1.29 is 0 Å². The van der Waals surface area contributed by atoms with Gasteiger partial charge in [0.05, 0.1) is 0 Å². The van der Waals surface area contributed by atoms with Gasteiger partial charge in [-0.3, -0.25) is 0 Å². The molecular formula is C34H25N. The Hall–Kier alpha value is -4.62. The molecular weight excluding hydrogens is 422 g/mol. The fourth-order valence-electron chi connectivity index (χ4n) is 4.73. The van der Waals surface area contributed by atoms with E-state index in [1.807, 2.05) is 0 Å². The third-order valence-corrected chi connectivity index (χ3v) is 6.44. The summed E-state index contributed by atoms with van der Waals surface area (Å²) in [6, 6.07) is 53.9. The Morgan fingerprint density at radius 3 is 1.17 bits per heavy atom. The molecule has 0 N–H and O–H groups in total. The zero-order valence-electron chi connectivity index (χ0n) is 19.4. The summed E-state index contributed by atoms with van der Waals surface area (Å²) in [6.07, 6.45) is 0. The maximum atomic E-state index is 2.32. The molecule has 166 valence electrons. The van der Waals surface area contributed by atoms with Crippen LogP contribution in [0.3, 0.4) is 0 Å². The lowest BCUT2D eigenvalue weighted by Gasteiger charge is -2.25. The molecule has 0 aliphatic carbocycles. The SMILES string of the molecule is c1ccc(-c2cc3ccccc3cc2-c2ccc(N(c3ccccc3)c3ccccc3)cc2)cc1. The van der Waals surface area contributed by atoms with E-state index in [-0.39, 0.29) is 0 Å². The molecule has 0 unspecified atom stereocenters. The maximum absolute atomic E-state index is 2.32. The number of fused-ring (bicyclic) bond motifs is 1. The van der Waals surface area contributed by atoms with Crippen LogP contribution in [0, 0.1) is 0 Å². The van der Waals surface area contributed by atoms with Crippen LogP contribution in [-0.2, 0) is 0 Å². The number of benzene rings is 6. The molecule has 0 fully saturated rings. The van der Waals surface area contributed by atoms with E-state index < -0.39 is 0 Å². The van der Waals surface area contributed by atoms with E-state index in [1.54, 1.807) is 0 Å². The van der Waals surface area contributed by atoms with Crippen molar-refractivity contribution in [1.29, 1.82) is 0 Å². The summed E-state index contributed by atoms with van der Waals surface area (Å²) < 4.78 is 0. The summed E-state index contributed by atoms with van der Waals surface area (Å²) in [6.45, 7) is 0. The Labute approximate surface area is 206 Å². The van der Waals surface area contributed by atoms with Gasteiger partial charge in [0.25, 0.3) is 0 Å². The first-order valence-corrected chi connectivity index (χ1v) is 12.0. The summed E-state index contributed by atoms with van der Waals surface area (Å²) in [5.74, 6) is 0. The van der Waals surface area contributed by atoms with E-state index >= 15 is 0 Å². The molecule has 0 amide bonds. The van der Waals surface area contributed by atoms with E-state index in [9.17, 15) is 0 Å². The third-order valence-electron chi connectivity index (χ3n) is 6.44. The predicted octanol–water partition coefficient (Wildman–Crippen LogP) is 9.64. The van der Waals surface area contributed by atoms with Crippen molar-refractivity contribution in [2.75, 3.05) is 4.90 Å². The van der Waals surface area contributed by atoms with E-state index in [2.05, 4.69) is 157 Å². The Bertz CT molecular complexity index is 1510. The predicted molar refractivity (Wildman–Crippen MR) is 150 cm³/mol. The lowest BCUT2D eigenvalue weighted by molar-refractivity contribution is 1.28. The van der Waals surface area contributed by atoms with Gasteiger partial charge in [0.1, 0.15) is 0 Å². The summed E-state index contributed by atoms with van der Waals surface area (Å²) in [5, 5.41) is 2.51. The molecule has 0 spiro atoms. The molecule has 0 atom stereocenters. The molecule has 6 aromatic rings. The summed E-state index contributed by atoms with van der Waals surface area (Å²) in [4.78, 5) is 2.29. The fraction of sp³-hybridized carbons (Fsp3) is 0. The van der Waals surface area contributed by atoms with Crippen molar-refractivity contribution in [1.82, 2.24) is 0 Å². The third kappa shape index (κ3) is 4.20. The van der Waals surface area contributed by atoms with Gasteiger partial charge in [0.2, 0.25) is 0 Å². The van der Waals surface area contributed by atoms with Crippen LogP contribution >= 0.6 is 0 Å². The molecule has 0 saturated heterocycles. The average molecular weight is 448 g/mol. The zero-order valence-corrected chi connectivity index (χ0v) is 19.4. The van der Waals surface area contributed by atoms with Crippen LogP contribution < -0.4 is 4.90 Å². The van der Waals surface area contributed by atoms with Crippen LogP contribution in [0.2, 0.25) is 0 Å². The summed E-state index contributed by atoms with van der Waals surface area (Å²) in [5.41, 5.74) is 8.34. The van der Waals surface area contributed by atoms with Crippen LogP contribution in [0.4, 0.5) is 17.1 Å². The minimum Gasteiger partial charge on any atom is -0.311 e. The zero-order chi connectivity index (χ0) is 23.5. The highest BCUT2D eigenvalue weighted by Crippen LogP contribution is 2.39. The van der Waals surface area contributed by atoms with Crippen LogP contribution in [-0.4, -0.2) is 0 Å². The van der Waals surface area contributed by atoms with Gasteiger partial charge in [0, 0.05) is 17.1 Å². The lowest BCUT2D eigenvalue weighted by atomic mass is 9.91. The van der Waals surface area contributed by atoms with Gasteiger partial charge in [-0.15, -0.1) is 0 Å². The first-order valence-electron chi connectivity index (χ1n) is 12.0. The highest BCUT2D eigenvalue weighted by atomic mass is 15.1. The van der Waals surface area contributed by atoms with Crippen molar-refractivity contribution in [3.8, 4) is 22.3 Å². The Balaban J connectivity index is 1.47. The largest absolute Gasteiger partial charge is 0.311 e. The quantitative estimate of drug-likeness (QED) is 0.254. The lowest BCUT2D eigenvalue weighted by Crippen LogP contribution is -2.09. The molecule has 0 bridgehead atoms. The molecule has 6 rings (SSSR count).